The monoisotopic (exact) mass is 258 g/mol. The molecule has 0 aliphatic carbocycles. The minimum atomic E-state index is -0.235. The fraction of sp³-hybridized carbons (Fsp3) is 0.308. The third-order valence-electron chi connectivity index (χ3n) is 3.25. The molecule has 0 spiro atoms. The van der Waals surface area contributed by atoms with Crippen molar-refractivity contribution in [3.63, 3.8) is 0 Å². The highest BCUT2D eigenvalue weighted by atomic mass is 16.5. The summed E-state index contributed by atoms with van der Waals surface area (Å²) in [5.74, 6) is 0.127. The molecule has 0 atom stereocenters. The van der Waals surface area contributed by atoms with E-state index in [-0.39, 0.29) is 18.3 Å². The molecule has 6 nitrogen and oxygen atoms in total. The molecule has 0 radical (unpaired) electrons. The van der Waals surface area contributed by atoms with Gasteiger partial charge in [-0.2, -0.15) is 4.98 Å². The summed E-state index contributed by atoms with van der Waals surface area (Å²) in [6.07, 6.45) is 0.847. The smallest absolute Gasteiger partial charge is 0.316 e. The van der Waals surface area contributed by atoms with Crippen LogP contribution in [0, 0.1) is 0 Å². The summed E-state index contributed by atoms with van der Waals surface area (Å²) in [4.78, 5) is 17.9. The SMILES string of the molecule is NCc1noc(C(=O)N2CCc3ccccc3C2)n1. The van der Waals surface area contributed by atoms with Crippen molar-refractivity contribution in [3.05, 3.63) is 47.1 Å². The van der Waals surface area contributed by atoms with Crippen LogP contribution in [0.4, 0.5) is 0 Å². The van der Waals surface area contributed by atoms with Crippen molar-refractivity contribution in [2.75, 3.05) is 6.54 Å². The number of benzene rings is 1. The molecule has 2 aromatic rings. The maximum atomic E-state index is 12.2. The van der Waals surface area contributed by atoms with Crippen molar-refractivity contribution in [1.29, 1.82) is 0 Å². The predicted octanol–water partition coefficient (Wildman–Crippen LogP) is 0.727. The van der Waals surface area contributed by atoms with Crippen LogP contribution in [0.25, 0.3) is 0 Å². The maximum Gasteiger partial charge on any atom is 0.316 e. The average molecular weight is 258 g/mol. The molecule has 1 amide bonds. The number of hydrogen-bond acceptors (Lipinski definition) is 5. The molecule has 19 heavy (non-hydrogen) atoms. The van der Waals surface area contributed by atoms with Gasteiger partial charge in [0.2, 0.25) is 0 Å². The Hall–Kier alpha value is -2.21. The Bertz CT molecular complexity index is 608. The number of hydrogen-bond donors (Lipinski definition) is 1. The molecule has 0 saturated heterocycles. The standard InChI is InChI=1S/C13H14N4O2/c14-7-11-15-12(19-16-11)13(18)17-6-5-9-3-1-2-4-10(9)8-17/h1-4H,5-8,14H2. The number of fused-ring (bicyclic) bond motifs is 1. The largest absolute Gasteiger partial charge is 0.330 e. The number of rotatable bonds is 2. The minimum absolute atomic E-state index is 0.0137. The molecule has 0 fully saturated rings. The van der Waals surface area contributed by atoms with Crippen LogP contribution in [0.1, 0.15) is 27.6 Å². The quantitative estimate of drug-likeness (QED) is 0.858. The highest BCUT2D eigenvalue weighted by molar-refractivity contribution is 5.89. The highest BCUT2D eigenvalue weighted by Gasteiger charge is 2.25. The summed E-state index contributed by atoms with van der Waals surface area (Å²) in [5.41, 5.74) is 7.85. The van der Waals surface area contributed by atoms with Gasteiger partial charge in [-0.1, -0.05) is 29.4 Å². The lowest BCUT2D eigenvalue weighted by Crippen LogP contribution is -2.36. The average Bonchev–Trinajstić information content (AvgIpc) is 2.95. The van der Waals surface area contributed by atoms with Crippen LogP contribution < -0.4 is 5.73 Å². The van der Waals surface area contributed by atoms with Crippen LogP contribution in [0.3, 0.4) is 0 Å². The van der Waals surface area contributed by atoms with Gasteiger partial charge in [0.1, 0.15) is 0 Å². The van der Waals surface area contributed by atoms with Crippen molar-refractivity contribution in [1.82, 2.24) is 15.0 Å². The minimum Gasteiger partial charge on any atom is -0.330 e. The third kappa shape index (κ3) is 2.22. The maximum absolute atomic E-state index is 12.2. The molecular formula is C13H14N4O2. The normalized spacial score (nSPS) is 14.3. The molecular weight excluding hydrogens is 244 g/mol. The van der Waals surface area contributed by atoms with E-state index in [2.05, 4.69) is 16.2 Å². The zero-order valence-electron chi connectivity index (χ0n) is 10.4. The van der Waals surface area contributed by atoms with E-state index in [4.69, 9.17) is 10.3 Å². The first-order chi connectivity index (χ1) is 9.28. The van der Waals surface area contributed by atoms with Crippen LogP contribution in [0.2, 0.25) is 0 Å². The summed E-state index contributed by atoms with van der Waals surface area (Å²) in [6.45, 7) is 1.41. The molecule has 6 heteroatoms. The van der Waals surface area contributed by atoms with Crippen molar-refractivity contribution in [2.24, 2.45) is 5.73 Å². The van der Waals surface area contributed by atoms with Crippen LogP contribution in [-0.2, 0) is 19.5 Å². The lowest BCUT2D eigenvalue weighted by Gasteiger charge is -2.27. The molecule has 1 aliphatic heterocycles. The van der Waals surface area contributed by atoms with E-state index in [0.717, 1.165) is 6.42 Å². The van der Waals surface area contributed by atoms with E-state index < -0.39 is 0 Å². The van der Waals surface area contributed by atoms with E-state index in [9.17, 15) is 4.79 Å². The van der Waals surface area contributed by atoms with Crippen molar-refractivity contribution in [2.45, 2.75) is 19.5 Å². The van der Waals surface area contributed by atoms with E-state index in [1.807, 2.05) is 18.2 Å². The van der Waals surface area contributed by atoms with Gasteiger partial charge in [0.05, 0.1) is 6.54 Å². The van der Waals surface area contributed by atoms with Gasteiger partial charge in [-0.3, -0.25) is 4.79 Å². The number of nitrogens with two attached hydrogens (primary N) is 1. The first-order valence-corrected chi connectivity index (χ1v) is 6.16. The summed E-state index contributed by atoms with van der Waals surface area (Å²) in [6, 6.07) is 8.12. The van der Waals surface area contributed by atoms with Gasteiger partial charge in [0, 0.05) is 13.1 Å². The Labute approximate surface area is 110 Å². The number of nitrogens with zero attached hydrogens (tertiary/aromatic N) is 3. The van der Waals surface area contributed by atoms with Crippen LogP contribution in [0.15, 0.2) is 28.8 Å². The lowest BCUT2D eigenvalue weighted by molar-refractivity contribution is 0.0684. The topological polar surface area (TPSA) is 85.2 Å². The van der Waals surface area contributed by atoms with E-state index in [1.165, 1.54) is 11.1 Å². The van der Waals surface area contributed by atoms with Crippen molar-refractivity contribution >= 4 is 5.91 Å². The van der Waals surface area contributed by atoms with Gasteiger partial charge in [0.15, 0.2) is 5.82 Å². The zero-order chi connectivity index (χ0) is 13.2. The molecule has 2 N–H and O–H groups in total. The number of aromatic nitrogens is 2. The second-order valence-electron chi connectivity index (χ2n) is 4.47. The molecule has 98 valence electrons. The fourth-order valence-corrected chi connectivity index (χ4v) is 2.23. The van der Waals surface area contributed by atoms with Gasteiger partial charge in [-0.15, -0.1) is 0 Å². The van der Waals surface area contributed by atoms with Crippen LogP contribution in [-0.4, -0.2) is 27.5 Å². The Morgan fingerprint density at radius 1 is 1.37 bits per heavy atom. The van der Waals surface area contributed by atoms with E-state index in [1.54, 1.807) is 4.90 Å². The van der Waals surface area contributed by atoms with Gasteiger partial charge in [0.25, 0.3) is 0 Å². The van der Waals surface area contributed by atoms with Gasteiger partial charge in [-0.05, 0) is 17.5 Å². The molecule has 1 aromatic heterocycles. The molecule has 3 rings (SSSR count). The Morgan fingerprint density at radius 2 is 2.16 bits per heavy atom. The van der Waals surface area contributed by atoms with Crippen LogP contribution >= 0.6 is 0 Å². The summed E-state index contributed by atoms with van der Waals surface area (Å²) >= 11 is 0. The van der Waals surface area contributed by atoms with E-state index in [0.29, 0.717) is 18.9 Å². The van der Waals surface area contributed by atoms with Gasteiger partial charge in [-0.25, -0.2) is 0 Å². The van der Waals surface area contributed by atoms with E-state index >= 15 is 0 Å². The zero-order valence-corrected chi connectivity index (χ0v) is 10.4. The first kappa shape index (κ1) is 11.9. The molecule has 1 aliphatic rings. The van der Waals surface area contributed by atoms with Crippen molar-refractivity contribution < 1.29 is 9.32 Å². The Kier molecular flexibility index (Phi) is 3.00. The Balaban J connectivity index is 1.79. The molecule has 1 aromatic carbocycles. The lowest BCUT2D eigenvalue weighted by atomic mass is 10.00. The fourth-order valence-electron chi connectivity index (χ4n) is 2.23. The third-order valence-corrected chi connectivity index (χ3v) is 3.25. The molecule has 0 bridgehead atoms. The highest BCUT2D eigenvalue weighted by Crippen LogP contribution is 2.19. The second kappa shape index (κ2) is 4.81. The summed E-state index contributed by atoms with van der Waals surface area (Å²) in [7, 11) is 0. The molecule has 2 heterocycles. The Morgan fingerprint density at radius 3 is 2.89 bits per heavy atom. The summed E-state index contributed by atoms with van der Waals surface area (Å²) < 4.78 is 4.93. The predicted molar refractivity (Wildman–Crippen MR) is 67.1 cm³/mol. The number of carbonyl (C=O) groups is 1. The first-order valence-electron chi connectivity index (χ1n) is 6.16. The second-order valence-corrected chi connectivity index (χ2v) is 4.47. The van der Waals surface area contributed by atoms with Crippen LogP contribution in [0.5, 0.6) is 0 Å². The van der Waals surface area contributed by atoms with Gasteiger partial charge >= 0.3 is 11.8 Å². The number of amides is 1. The van der Waals surface area contributed by atoms with Gasteiger partial charge < -0.3 is 15.2 Å². The number of carbonyl (C=O) groups excluding carboxylic acids is 1. The summed E-state index contributed by atoms with van der Waals surface area (Å²) in [5, 5.41) is 3.64. The van der Waals surface area contributed by atoms with Crippen molar-refractivity contribution in [3.8, 4) is 0 Å². The molecule has 0 saturated carbocycles. The molecule has 0 unspecified atom stereocenters.